The molecule has 1 atom stereocenters. The van der Waals surface area contributed by atoms with Crippen LogP contribution in [0.2, 0.25) is 5.02 Å². The summed E-state index contributed by atoms with van der Waals surface area (Å²) >= 11 is 6.04. The van der Waals surface area contributed by atoms with E-state index in [0.29, 0.717) is 22.9 Å². The molecule has 0 spiro atoms. The van der Waals surface area contributed by atoms with E-state index in [1.807, 2.05) is 6.92 Å². The highest BCUT2D eigenvalue weighted by atomic mass is 35.5. The van der Waals surface area contributed by atoms with Crippen LogP contribution in [0.15, 0.2) is 12.1 Å². The molecule has 2 rings (SSSR count). The lowest BCUT2D eigenvalue weighted by Gasteiger charge is -2.13. The topological polar surface area (TPSA) is 47.6 Å². The van der Waals surface area contributed by atoms with E-state index < -0.39 is 0 Å². The van der Waals surface area contributed by atoms with Crippen LogP contribution >= 0.6 is 11.6 Å². The predicted octanol–water partition coefficient (Wildman–Crippen LogP) is 2.57. The number of carbonyl (C=O) groups excluding carboxylic acids is 1. The molecule has 1 N–H and O–H groups in total. The standard InChI is InChI=1S/C14H18ClNO3/c1-9-6-13(18-2)12(15)7-11(9)14(17)16-8-10-4-3-5-19-10/h6-7,10H,3-5,8H2,1-2H3,(H,16,17). The zero-order valence-electron chi connectivity index (χ0n) is 11.2. The van der Waals surface area contributed by atoms with Gasteiger partial charge in [-0.2, -0.15) is 0 Å². The molecule has 1 saturated heterocycles. The summed E-state index contributed by atoms with van der Waals surface area (Å²) in [5, 5.41) is 3.32. The number of nitrogens with one attached hydrogen (secondary N) is 1. The molecule has 1 aliphatic heterocycles. The summed E-state index contributed by atoms with van der Waals surface area (Å²) < 4.78 is 10.6. The first kappa shape index (κ1) is 14.2. The van der Waals surface area contributed by atoms with E-state index in [4.69, 9.17) is 21.1 Å². The first-order chi connectivity index (χ1) is 9.11. The Morgan fingerprint density at radius 3 is 3.00 bits per heavy atom. The van der Waals surface area contributed by atoms with Crippen molar-refractivity contribution in [2.24, 2.45) is 0 Å². The molecule has 1 amide bonds. The van der Waals surface area contributed by atoms with Crippen molar-refractivity contribution in [1.29, 1.82) is 0 Å². The lowest BCUT2D eigenvalue weighted by molar-refractivity contribution is 0.0857. The maximum atomic E-state index is 12.1. The van der Waals surface area contributed by atoms with Gasteiger partial charge in [0.2, 0.25) is 0 Å². The second-order valence-corrected chi connectivity index (χ2v) is 5.05. The van der Waals surface area contributed by atoms with Gasteiger partial charge < -0.3 is 14.8 Å². The Morgan fingerprint density at radius 2 is 2.37 bits per heavy atom. The summed E-state index contributed by atoms with van der Waals surface area (Å²) in [4.78, 5) is 12.1. The van der Waals surface area contributed by atoms with Gasteiger partial charge in [-0.05, 0) is 37.5 Å². The molecular weight excluding hydrogens is 266 g/mol. The number of hydrogen-bond donors (Lipinski definition) is 1. The lowest BCUT2D eigenvalue weighted by Crippen LogP contribution is -2.32. The van der Waals surface area contributed by atoms with Crippen molar-refractivity contribution in [1.82, 2.24) is 5.32 Å². The first-order valence-electron chi connectivity index (χ1n) is 6.35. The van der Waals surface area contributed by atoms with Gasteiger partial charge in [-0.15, -0.1) is 0 Å². The Kier molecular flexibility index (Phi) is 4.66. The van der Waals surface area contributed by atoms with Crippen molar-refractivity contribution in [2.45, 2.75) is 25.9 Å². The fraction of sp³-hybridized carbons (Fsp3) is 0.500. The number of benzene rings is 1. The van der Waals surface area contributed by atoms with Gasteiger partial charge in [0.05, 0.1) is 18.2 Å². The van der Waals surface area contributed by atoms with Gasteiger partial charge in [0.1, 0.15) is 5.75 Å². The zero-order valence-corrected chi connectivity index (χ0v) is 11.9. The minimum atomic E-state index is -0.127. The van der Waals surface area contributed by atoms with Gasteiger partial charge in [-0.3, -0.25) is 4.79 Å². The van der Waals surface area contributed by atoms with E-state index >= 15 is 0 Å². The highest BCUT2D eigenvalue weighted by Crippen LogP contribution is 2.27. The van der Waals surface area contributed by atoms with E-state index in [-0.39, 0.29) is 12.0 Å². The summed E-state index contributed by atoms with van der Waals surface area (Å²) in [7, 11) is 1.55. The number of aryl methyl sites for hydroxylation is 1. The van der Waals surface area contributed by atoms with Gasteiger partial charge >= 0.3 is 0 Å². The second-order valence-electron chi connectivity index (χ2n) is 4.65. The van der Waals surface area contributed by atoms with Crippen LogP contribution < -0.4 is 10.1 Å². The summed E-state index contributed by atoms with van der Waals surface area (Å²) in [5.74, 6) is 0.451. The Morgan fingerprint density at radius 1 is 1.58 bits per heavy atom. The van der Waals surface area contributed by atoms with Crippen molar-refractivity contribution in [3.8, 4) is 5.75 Å². The van der Waals surface area contributed by atoms with Crippen molar-refractivity contribution < 1.29 is 14.3 Å². The Bertz CT molecular complexity index is 470. The summed E-state index contributed by atoms with van der Waals surface area (Å²) in [5.41, 5.74) is 1.41. The predicted molar refractivity (Wildman–Crippen MR) is 74.0 cm³/mol. The molecule has 0 bridgehead atoms. The molecule has 19 heavy (non-hydrogen) atoms. The molecule has 1 fully saturated rings. The second kappa shape index (κ2) is 6.26. The monoisotopic (exact) mass is 283 g/mol. The van der Waals surface area contributed by atoms with Crippen LogP contribution in [0.1, 0.15) is 28.8 Å². The molecule has 4 nitrogen and oxygen atoms in total. The third-order valence-corrected chi connectivity index (χ3v) is 3.55. The normalized spacial score (nSPS) is 18.4. The largest absolute Gasteiger partial charge is 0.495 e. The van der Waals surface area contributed by atoms with Crippen LogP contribution in [0.3, 0.4) is 0 Å². The average molecular weight is 284 g/mol. The Hall–Kier alpha value is -1.26. The van der Waals surface area contributed by atoms with Gasteiger partial charge in [0, 0.05) is 18.7 Å². The Balaban J connectivity index is 2.03. The van der Waals surface area contributed by atoms with E-state index in [1.165, 1.54) is 0 Å². The zero-order chi connectivity index (χ0) is 13.8. The van der Waals surface area contributed by atoms with Crippen LogP contribution in [0.4, 0.5) is 0 Å². The maximum absolute atomic E-state index is 12.1. The van der Waals surface area contributed by atoms with Crippen LogP contribution in [0, 0.1) is 6.92 Å². The van der Waals surface area contributed by atoms with E-state index in [2.05, 4.69) is 5.32 Å². The average Bonchev–Trinajstić information content (AvgIpc) is 2.91. The molecule has 1 unspecified atom stereocenters. The van der Waals surface area contributed by atoms with Crippen molar-refractivity contribution >= 4 is 17.5 Å². The number of hydrogen-bond acceptors (Lipinski definition) is 3. The number of halogens is 1. The first-order valence-corrected chi connectivity index (χ1v) is 6.73. The molecule has 0 radical (unpaired) electrons. The van der Waals surface area contributed by atoms with Gasteiger partial charge in [0.15, 0.2) is 0 Å². The van der Waals surface area contributed by atoms with Crippen LogP contribution in [-0.2, 0) is 4.74 Å². The molecule has 1 aromatic rings. The molecule has 1 aromatic carbocycles. The molecule has 0 saturated carbocycles. The summed E-state index contributed by atoms with van der Waals surface area (Å²) in [6.07, 6.45) is 2.20. The SMILES string of the molecule is COc1cc(C)c(C(=O)NCC2CCCO2)cc1Cl. The molecular formula is C14H18ClNO3. The van der Waals surface area contributed by atoms with Gasteiger partial charge in [0.25, 0.3) is 5.91 Å². The van der Waals surface area contributed by atoms with Gasteiger partial charge in [-0.25, -0.2) is 0 Å². The van der Waals surface area contributed by atoms with E-state index in [9.17, 15) is 4.79 Å². The Labute approximate surface area is 118 Å². The smallest absolute Gasteiger partial charge is 0.251 e. The minimum absolute atomic E-state index is 0.127. The van der Waals surface area contributed by atoms with Crippen molar-refractivity contribution in [3.63, 3.8) is 0 Å². The highest BCUT2D eigenvalue weighted by Gasteiger charge is 2.18. The fourth-order valence-electron chi connectivity index (χ4n) is 2.16. The number of amides is 1. The quantitative estimate of drug-likeness (QED) is 0.924. The van der Waals surface area contributed by atoms with Crippen LogP contribution in [-0.4, -0.2) is 32.3 Å². The number of methoxy groups -OCH3 is 1. The summed E-state index contributed by atoms with van der Waals surface area (Å²) in [6.45, 7) is 3.19. The van der Waals surface area contributed by atoms with Gasteiger partial charge in [-0.1, -0.05) is 11.6 Å². The van der Waals surface area contributed by atoms with Crippen LogP contribution in [0.25, 0.3) is 0 Å². The number of carbonyl (C=O) groups is 1. The van der Waals surface area contributed by atoms with Crippen molar-refractivity contribution in [3.05, 3.63) is 28.3 Å². The summed E-state index contributed by atoms with van der Waals surface area (Å²) in [6, 6.07) is 3.41. The minimum Gasteiger partial charge on any atom is -0.495 e. The molecule has 1 heterocycles. The van der Waals surface area contributed by atoms with Crippen LogP contribution in [0.5, 0.6) is 5.75 Å². The van der Waals surface area contributed by atoms with Crippen molar-refractivity contribution in [2.75, 3.05) is 20.3 Å². The number of ether oxygens (including phenoxy) is 2. The fourth-order valence-corrected chi connectivity index (χ4v) is 2.40. The van der Waals surface area contributed by atoms with E-state index in [1.54, 1.807) is 19.2 Å². The number of rotatable bonds is 4. The molecule has 0 aliphatic carbocycles. The van der Waals surface area contributed by atoms with E-state index in [0.717, 1.165) is 25.0 Å². The third kappa shape index (κ3) is 3.39. The highest BCUT2D eigenvalue weighted by molar-refractivity contribution is 6.32. The molecule has 1 aliphatic rings. The maximum Gasteiger partial charge on any atom is 0.251 e. The molecule has 0 aromatic heterocycles. The third-order valence-electron chi connectivity index (χ3n) is 3.26. The lowest BCUT2D eigenvalue weighted by atomic mass is 10.1. The molecule has 5 heteroatoms. The molecule has 104 valence electrons.